The van der Waals surface area contributed by atoms with Crippen LogP contribution in [0.25, 0.3) is 5.69 Å². The second kappa shape index (κ2) is 7.83. The molecule has 2 atom stereocenters. The van der Waals surface area contributed by atoms with Crippen LogP contribution in [-0.2, 0) is 6.54 Å². The number of benzene rings is 2. The molecule has 1 aromatic heterocycles. The lowest BCUT2D eigenvalue weighted by molar-refractivity contribution is 0.324. The highest BCUT2D eigenvalue weighted by Crippen LogP contribution is 2.27. The van der Waals surface area contributed by atoms with Crippen molar-refractivity contribution in [1.29, 1.82) is 0 Å². The van der Waals surface area contributed by atoms with Crippen LogP contribution in [-0.4, -0.2) is 33.8 Å². The summed E-state index contributed by atoms with van der Waals surface area (Å²) in [4.78, 5) is 2.45. The molecule has 4 nitrogen and oxygen atoms in total. The van der Waals surface area contributed by atoms with Crippen molar-refractivity contribution in [3.05, 3.63) is 84.2 Å². The molecular weight excluding hydrogens is 332 g/mol. The zero-order valence-electron chi connectivity index (χ0n) is 14.0. The first-order valence-corrected chi connectivity index (χ1v) is 8.41. The molecule has 2 aromatic carbocycles. The molecule has 2 heterocycles. The molecule has 0 saturated carbocycles. The monoisotopic (exact) mass is 354 g/mol. The first kappa shape index (κ1) is 17.7. The fourth-order valence-electron chi connectivity index (χ4n) is 3.57. The highest BCUT2D eigenvalue weighted by Gasteiger charge is 2.30. The molecule has 1 fully saturated rings. The third-order valence-electron chi connectivity index (χ3n) is 4.75. The molecule has 0 aliphatic carbocycles. The molecule has 4 rings (SSSR count). The van der Waals surface area contributed by atoms with Crippen LogP contribution in [0, 0.1) is 0 Å². The van der Waals surface area contributed by atoms with Gasteiger partial charge in [-0.1, -0.05) is 42.5 Å². The Labute approximate surface area is 154 Å². The quantitative estimate of drug-likeness (QED) is 0.782. The number of halogens is 1. The van der Waals surface area contributed by atoms with Gasteiger partial charge in [0.1, 0.15) is 0 Å². The van der Waals surface area contributed by atoms with E-state index in [1.54, 1.807) is 6.20 Å². The average Bonchev–Trinajstić information content (AvgIpc) is 3.26. The number of aromatic nitrogens is 2. The fraction of sp³-hybridized carbons (Fsp3) is 0.250. The Balaban J connectivity index is 0.00000182. The normalized spacial score (nSPS) is 20.4. The van der Waals surface area contributed by atoms with Crippen LogP contribution in [0.4, 0.5) is 0 Å². The van der Waals surface area contributed by atoms with Crippen LogP contribution in [0.2, 0.25) is 0 Å². The third-order valence-corrected chi connectivity index (χ3v) is 4.75. The van der Waals surface area contributed by atoms with Gasteiger partial charge in [-0.05, 0) is 29.3 Å². The standard InChI is InChI=1S/C20H22N4.ClH/c21-20-15-23(14-19(20)17-7-2-1-3-8-17)13-16-6-4-9-18(12-16)24-11-5-10-22-24;/h1-12,19-20H,13-15,21H2;1H/t19-,20+;/m0./s1. The molecule has 25 heavy (non-hydrogen) atoms. The lowest BCUT2D eigenvalue weighted by Gasteiger charge is -2.16. The molecule has 0 radical (unpaired) electrons. The van der Waals surface area contributed by atoms with Crippen LogP contribution in [0.1, 0.15) is 17.0 Å². The Bertz CT molecular complexity index is 788. The zero-order valence-corrected chi connectivity index (χ0v) is 14.8. The summed E-state index contributed by atoms with van der Waals surface area (Å²) in [5.74, 6) is 0.417. The van der Waals surface area contributed by atoms with E-state index >= 15 is 0 Å². The summed E-state index contributed by atoms with van der Waals surface area (Å²) in [6.45, 7) is 2.87. The predicted octanol–water partition coefficient (Wildman–Crippen LogP) is 3.22. The first-order chi connectivity index (χ1) is 11.8. The van der Waals surface area contributed by atoms with Gasteiger partial charge in [-0.3, -0.25) is 4.90 Å². The van der Waals surface area contributed by atoms with E-state index in [4.69, 9.17) is 5.73 Å². The molecule has 0 amide bonds. The molecule has 1 aliphatic rings. The van der Waals surface area contributed by atoms with Gasteiger partial charge >= 0.3 is 0 Å². The van der Waals surface area contributed by atoms with Crippen LogP contribution in [0.5, 0.6) is 0 Å². The minimum atomic E-state index is 0. The molecule has 130 valence electrons. The van der Waals surface area contributed by atoms with Crippen LogP contribution >= 0.6 is 12.4 Å². The van der Waals surface area contributed by atoms with Gasteiger partial charge in [0.25, 0.3) is 0 Å². The SMILES string of the molecule is Cl.N[C@@H]1CN(Cc2cccc(-n3cccn3)c2)C[C@H]1c1ccccc1. The van der Waals surface area contributed by atoms with Gasteiger partial charge in [0.15, 0.2) is 0 Å². The summed E-state index contributed by atoms with van der Waals surface area (Å²) in [5, 5.41) is 4.31. The summed E-state index contributed by atoms with van der Waals surface area (Å²) in [5.41, 5.74) is 10.1. The number of hydrogen-bond acceptors (Lipinski definition) is 3. The van der Waals surface area contributed by atoms with Crippen molar-refractivity contribution < 1.29 is 0 Å². The number of likely N-dealkylation sites (tertiary alicyclic amines) is 1. The Morgan fingerprint density at radius 2 is 1.84 bits per heavy atom. The minimum Gasteiger partial charge on any atom is -0.326 e. The summed E-state index contributed by atoms with van der Waals surface area (Å²) in [6.07, 6.45) is 3.77. The number of nitrogens with two attached hydrogens (primary N) is 1. The highest BCUT2D eigenvalue weighted by atomic mass is 35.5. The van der Waals surface area contributed by atoms with E-state index in [0.717, 1.165) is 25.3 Å². The van der Waals surface area contributed by atoms with E-state index < -0.39 is 0 Å². The Morgan fingerprint density at radius 1 is 1.00 bits per heavy atom. The summed E-state index contributed by atoms with van der Waals surface area (Å²) < 4.78 is 1.89. The lowest BCUT2D eigenvalue weighted by Crippen LogP contribution is -2.28. The smallest absolute Gasteiger partial charge is 0.0648 e. The summed E-state index contributed by atoms with van der Waals surface area (Å²) in [7, 11) is 0. The maximum atomic E-state index is 6.41. The molecule has 2 N–H and O–H groups in total. The van der Waals surface area contributed by atoms with Gasteiger partial charge in [-0.15, -0.1) is 12.4 Å². The van der Waals surface area contributed by atoms with E-state index in [9.17, 15) is 0 Å². The number of nitrogens with zero attached hydrogens (tertiary/aromatic N) is 3. The molecule has 3 aromatic rings. The zero-order chi connectivity index (χ0) is 16.4. The van der Waals surface area contributed by atoms with E-state index in [0.29, 0.717) is 5.92 Å². The van der Waals surface area contributed by atoms with E-state index in [1.807, 2.05) is 16.9 Å². The summed E-state index contributed by atoms with van der Waals surface area (Å²) >= 11 is 0. The van der Waals surface area contributed by atoms with Crippen LogP contribution < -0.4 is 5.73 Å². The molecule has 1 aliphatic heterocycles. The fourth-order valence-corrected chi connectivity index (χ4v) is 3.57. The second-order valence-corrected chi connectivity index (χ2v) is 6.50. The Kier molecular flexibility index (Phi) is 5.53. The molecule has 0 bridgehead atoms. The molecule has 0 spiro atoms. The maximum Gasteiger partial charge on any atom is 0.0648 e. The van der Waals surface area contributed by atoms with Crippen molar-refractivity contribution in [2.24, 2.45) is 5.73 Å². The van der Waals surface area contributed by atoms with Crippen LogP contribution in [0.15, 0.2) is 73.1 Å². The third kappa shape index (κ3) is 3.93. The largest absolute Gasteiger partial charge is 0.326 e. The minimum absolute atomic E-state index is 0. The van der Waals surface area contributed by atoms with Crippen molar-refractivity contribution >= 4 is 12.4 Å². The molecular formula is C20H23ClN4. The van der Waals surface area contributed by atoms with Crippen molar-refractivity contribution in [1.82, 2.24) is 14.7 Å². The highest BCUT2D eigenvalue weighted by molar-refractivity contribution is 5.85. The Hall–Kier alpha value is -2.14. The maximum absolute atomic E-state index is 6.41. The molecule has 0 unspecified atom stereocenters. The Morgan fingerprint density at radius 3 is 2.60 bits per heavy atom. The van der Waals surface area contributed by atoms with Gasteiger partial charge in [-0.2, -0.15) is 5.10 Å². The average molecular weight is 355 g/mol. The van der Waals surface area contributed by atoms with Gasteiger partial charge < -0.3 is 5.73 Å². The molecule has 1 saturated heterocycles. The summed E-state index contributed by atoms with van der Waals surface area (Å²) in [6, 6.07) is 21.3. The van der Waals surface area contributed by atoms with E-state index in [1.165, 1.54) is 11.1 Å². The van der Waals surface area contributed by atoms with Crippen LogP contribution in [0.3, 0.4) is 0 Å². The number of hydrogen-bond donors (Lipinski definition) is 1. The van der Waals surface area contributed by atoms with Gasteiger partial charge in [-0.25, -0.2) is 4.68 Å². The van der Waals surface area contributed by atoms with Crippen molar-refractivity contribution in [2.45, 2.75) is 18.5 Å². The van der Waals surface area contributed by atoms with E-state index in [2.05, 4.69) is 64.6 Å². The first-order valence-electron chi connectivity index (χ1n) is 8.41. The van der Waals surface area contributed by atoms with Gasteiger partial charge in [0, 0.05) is 44.0 Å². The van der Waals surface area contributed by atoms with Crippen molar-refractivity contribution in [3.63, 3.8) is 0 Å². The topological polar surface area (TPSA) is 47.1 Å². The van der Waals surface area contributed by atoms with Crippen molar-refractivity contribution in [2.75, 3.05) is 13.1 Å². The van der Waals surface area contributed by atoms with Crippen molar-refractivity contribution in [3.8, 4) is 5.69 Å². The van der Waals surface area contributed by atoms with E-state index in [-0.39, 0.29) is 18.4 Å². The molecule has 5 heteroatoms. The van der Waals surface area contributed by atoms with Gasteiger partial charge in [0.05, 0.1) is 5.69 Å². The number of rotatable bonds is 4. The predicted molar refractivity (Wildman–Crippen MR) is 103 cm³/mol. The second-order valence-electron chi connectivity index (χ2n) is 6.50. The lowest BCUT2D eigenvalue weighted by atomic mass is 9.95. The van der Waals surface area contributed by atoms with Gasteiger partial charge in [0.2, 0.25) is 0 Å².